The number of rotatable bonds is 2. The molecule has 1 aromatic carbocycles. The van der Waals surface area contributed by atoms with E-state index in [1.807, 2.05) is 0 Å². The van der Waals surface area contributed by atoms with Gasteiger partial charge in [0.2, 0.25) is 0 Å². The van der Waals surface area contributed by atoms with Gasteiger partial charge in [-0.3, -0.25) is 10.1 Å². The maximum absolute atomic E-state index is 10.4. The van der Waals surface area contributed by atoms with Gasteiger partial charge in [-0.05, 0) is 12.1 Å². The maximum atomic E-state index is 10.4. The fourth-order valence-electron chi connectivity index (χ4n) is 0.795. The Labute approximate surface area is 77.1 Å². The Morgan fingerprint density at radius 1 is 1.58 bits per heavy atom. The average molecular weight is 231 g/mol. The van der Waals surface area contributed by atoms with E-state index in [1.54, 1.807) is 6.07 Å². The second-order valence-corrected chi connectivity index (χ2v) is 3.01. The van der Waals surface area contributed by atoms with E-state index in [9.17, 15) is 10.1 Å². The average Bonchev–Trinajstić information content (AvgIpc) is 2.03. The van der Waals surface area contributed by atoms with Gasteiger partial charge in [0.1, 0.15) is 6.61 Å². The molecule has 4 nitrogen and oxygen atoms in total. The van der Waals surface area contributed by atoms with Crippen LogP contribution in [-0.2, 0) is 0 Å². The molecule has 0 heterocycles. The largest absolute Gasteiger partial charge is 0.385 e. The predicted molar refractivity (Wildman–Crippen MR) is 46.1 cm³/mol. The number of nitrogens with zero attached hydrogens (tertiary/aromatic N) is 1. The number of hydrogen-bond donors (Lipinski definition) is 1. The quantitative estimate of drug-likeness (QED) is 0.626. The Hall–Kier alpha value is -0.940. The Morgan fingerprint density at radius 3 is 2.75 bits per heavy atom. The molecule has 12 heavy (non-hydrogen) atoms. The summed E-state index contributed by atoms with van der Waals surface area (Å²) in [4.78, 5) is 9.80. The van der Waals surface area contributed by atoms with E-state index in [4.69, 9.17) is 5.11 Å². The lowest BCUT2D eigenvalue weighted by atomic mass is 10.2. The number of hydrogen-bond acceptors (Lipinski definition) is 3. The molecule has 0 unspecified atom stereocenters. The SMILES string of the molecule is O=[N+]([O-])c1ccc(Br)cc1[CH]O. The first kappa shape index (κ1) is 9.15. The smallest absolute Gasteiger partial charge is 0.275 e. The lowest BCUT2D eigenvalue weighted by Crippen LogP contribution is -1.93. The van der Waals surface area contributed by atoms with Gasteiger partial charge in [0, 0.05) is 10.5 Å². The van der Waals surface area contributed by atoms with Crippen LogP contribution in [0.15, 0.2) is 22.7 Å². The second-order valence-electron chi connectivity index (χ2n) is 2.09. The Morgan fingerprint density at radius 2 is 2.25 bits per heavy atom. The summed E-state index contributed by atoms with van der Waals surface area (Å²) in [5.74, 6) is 0. The molecular formula is C7H5BrNO3. The molecule has 63 valence electrons. The third kappa shape index (κ3) is 1.80. The van der Waals surface area contributed by atoms with Gasteiger partial charge in [0.05, 0.1) is 10.5 Å². The van der Waals surface area contributed by atoms with Crippen LogP contribution in [0.4, 0.5) is 5.69 Å². The second kappa shape index (κ2) is 3.64. The van der Waals surface area contributed by atoms with Crippen LogP contribution in [-0.4, -0.2) is 10.0 Å². The molecule has 5 heteroatoms. The molecule has 0 aromatic heterocycles. The first-order valence-corrected chi connectivity index (χ1v) is 3.86. The van der Waals surface area contributed by atoms with Gasteiger partial charge in [-0.15, -0.1) is 0 Å². The summed E-state index contributed by atoms with van der Waals surface area (Å²) in [5, 5.41) is 19.0. The molecule has 0 saturated carbocycles. The van der Waals surface area contributed by atoms with Crippen LogP contribution in [0, 0.1) is 16.7 Å². The monoisotopic (exact) mass is 230 g/mol. The lowest BCUT2D eigenvalue weighted by molar-refractivity contribution is -0.385. The zero-order chi connectivity index (χ0) is 9.14. The zero-order valence-corrected chi connectivity index (χ0v) is 7.48. The highest BCUT2D eigenvalue weighted by molar-refractivity contribution is 9.10. The molecule has 0 fully saturated rings. The molecule has 0 amide bonds. The molecule has 1 radical (unpaired) electrons. The minimum atomic E-state index is -0.547. The summed E-state index contributed by atoms with van der Waals surface area (Å²) in [6, 6.07) is 4.34. The van der Waals surface area contributed by atoms with Gasteiger partial charge in [-0.1, -0.05) is 15.9 Å². The molecule has 0 spiro atoms. The van der Waals surface area contributed by atoms with Crippen molar-refractivity contribution in [3.05, 3.63) is 45.0 Å². The fourth-order valence-corrected chi connectivity index (χ4v) is 1.17. The van der Waals surface area contributed by atoms with Gasteiger partial charge in [-0.2, -0.15) is 0 Å². The topological polar surface area (TPSA) is 63.4 Å². The zero-order valence-electron chi connectivity index (χ0n) is 5.90. The summed E-state index contributed by atoms with van der Waals surface area (Å²) < 4.78 is 0.688. The van der Waals surface area contributed by atoms with Crippen molar-refractivity contribution in [2.45, 2.75) is 0 Å². The van der Waals surface area contributed by atoms with Crippen LogP contribution in [0.5, 0.6) is 0 Å². The van der Waals surface area contributed by atoms with E-state index in [2.05, 4.69) is 15.9 Å². The molecule has 1 N–H and O–H groups in total. The Kier molecular flexibility index (Phi) is 2.78. The van der Waals surface area contributed by atoms with Crippen LogP contribution in [0.25, 0.3) is 0 Å². The van der Waals surface area contributed by atoms with Gasteiger partial charge in [0.25, 0.3) is 5.69 Å². The van der Waals surface area contributed by atoms with Gasteiger partial charge >= 0.3 is 0 Å². The Balaban J connectivity index is 3.20. The van der Waals surface area contributed by atoms with Crippen molar-refractivity contribution in [1.29, 1.82) is 0 Å². The van der Waals surface area contributed by atoms with Gasteiger partial charge < -0.3 is 5.11 Å². The standard InChI is InChI=1S/C7H5BrNO3/c8-6-1-2-7(9(11)12)5(3-6)4-10/h1-4,10H. The van der Waals surface area contributed by atoms with Crippen molar-refractivity contribution >= 4 is 21.6 Å². The molecule has 0 saturated heterocycles. The van der Waals surface area contributed by atoms with Crippen molar-refractivity contribution in [2.75, 3.05) is 0 Å². The van der Waals surface area contributed by atoms with Gasteiger partial charge in [-0.25, -0.2) is 0 Å². The highest BCUT2D eigenvalue weighted by atomic mass is 79.9. The van der Waals surface area contributed by atoms with Crippen LogP contribution in [0.2, 0.25) is 0 Å². The predicted octanol–water partition coefficient (Wildman–Crippen LogP) is 2.24. The highest BCUT2D eigenvalue weighted by Gasteiger charge is 2.12. The van der Waals surface area contributed by atoms with Gasteiger partial charge in [0.15, 0.2) is 0 Å². The van der Waals surface area contributed by atoms with Crippen LogP contribution < -0.4 is 0 Å². The van der Waals surface area contributed by atoms with E-state index < -0.39 is 4.92 Å². The van der Waals surface area contributed by atoms with E-state index in [0.29, 0.717) is 11.1 Å². The van der Waals surface area contributed by atoms with Crippen molar-refractivity contribution in [3.8, 4) is 0 Å². The van der Waals surface area contributed by atoms with Crippen molar-refractivity contribution in [1.82, 2.24) is 0 Å². The van der Waals surface area contributed by atoms with E-state index >= 15 is 0 Å². The van der Waals surface area contributed by atoms with Crippen LogP contribution in [0.3, 0.4) is 0 Å². The minimum Gasteiger partial charge on any atom is -0.385 e. The highest BCUT2D eigenvalue weighted by Crippen LogP contribution is 2.23. The summed E-state index contributed by atoms with van der Waals surface area (Å²) in [6.45, 7) is 0.711. The molecule has 1 rings (SSSR count). The molecule has 0 atom stereocenters. The van der Waals surface area contributed by atoms with E-state index in [1.165, 1.54) is 12.1 Å². The third-order valence-electron chi connectivity index (χ3n) is 1.33. The molecular weight excluding hydrogens is 226 g/mol. The third-order valence-corrected chi connectivity index (χ3v) is 1.82. The van der Waals surface area contributed by atoms with Crippen molar-refractivity contribution in [3.63, 3.8) is 0 Å². The summed E-state index contributed by atoms with van der Waals surface area (Å²) in [6.07, 6.45) is 0. The number of halogens is 1. The van der Waals surface area contributed by atoms with Crippen molar-refractivity contribution < 1.29 is 10.0 Å². The number of aliphatic hydroxyl groups is 1. The van der Waals surface area contributed by atoms with E-state index in [-0.39, 0.29) is 11.3 Å². The first-order chi connectivity index (χ1) is 5.65. The number of nitro groups is 1. The molecule has 0 aliphatic carbocycles. The molecule has 0 aliphatic heterocycles. The maximum Gasteiger partial charge on any atom is 0.275 e. The molecule has 1 aromatic rings. The molecule has 0 bridgehead atoms. The van der Waals surface area contributed by atoms with Crippen LogP contribution in [0.1, 0.15) is 5.56 Å². The summed E-state index contributed by atoms with van der Waals surface area (Å²) in [7, 11) is 0. The molecule has 0 aliphatic rings. The summed E-state index contributed by atoms with van der Waals surface area (Å²) in [5.41, 5.74) is 0.0788. The lowest BCUT2D eigenvalue weighted by Gasteiger charge is -1.98. The number of benzene rings is 1. The minimum absolute atomic E-state index is 0.110. The first-order valence-electron chi connectivity index (χ1n) is 3.06. The fraction of sp³-hybridized carbons (Fsp3) is 0. The van der Waals surface area contributed by atoms with Crippen LogP contribution >= 0.6 is 15.9 Å². The number of aliphatic hydroxyl groups excluding tert-OH is 1. The Bertz CT molecular complexity index is 314. The summed E-state index contributed by atoms with van der Waals surface area (Å²) >= 11 is 3.13. The van der Waals surface area contributed by atoms with E-state index in [0.717, 1.165) is 0 Å². The van der Waals surface area contributed by atoms with Crippen molar-refractivity contribution in [2.24, 2.45) is 0 Å². The number of nitro benzene ring substituents is 1. The normalized spacial score (nSPS) is 9.83.